The van der Waals surface area contributed by atoms with E-state index in [9.17, 15) is 4.79 Å². The fourth-order valence-corrected chi connectivity index (χ4v) is 4.97. The molecule has 35 heavy (non-hydrogen) atoms. The summed E-state index contributed by atoms with van der Waals surface area (Å²) in [7, 11) is 0. The van der Waals surface area contributed by atoms with Crippen molar-refractivity contribution in [2.45, 2.75) is 51.2 Å². The molecule has 176 valence electrons. The van der Waals surface area contributed by atoms with E-state index >= 15 is 0 Å². The van der Waals surface area contributed by atoms with Crippen molar-refractivity contribution in [3.63, 3.8) is 0 Å². The summed E-state index contributed by atoms with van der Waals surface area (Å²) in [6.45, 7) is 5.62. The van der Waals surface area contributed by atoms with Crippen molar-refractivity contribution < 1.29 is 9.53 Å². The Morgan fingerprint density at radius 3 is 2.74 bits per heavy atom. The SMILES string of the molecule is CC(=O)OC(C)(C)Cn1ccc(-c2cnc3ncc(C4(c5ccc6ncccc6c5)CC4)n3c2)n1. The standard InChI is InChI=1S/C27H26N6O2/c1-18(34)35-26(2,3)17-32-12-8-23(31-32)20-14-29-25-30-15-24(33(25)16-20)27(9-10-27)21-6-7-22-19(13-21)5-4-11-28-22/h4-8,11-16H,9-10,17H2,1-3H3. The molecule has 8 heteroatoms. The number of hydrogen-bond acceptors (Lipinski definition) is 6. The number of imidazole rings is 1. The third-order valence-electron chi connectivity index (χ3n) is 6.66. The molecule has 1 aliphatic carbocycles. The Labute approximate surface area is 202 Å². The maximum atomic E-state index is 11.4. The van der Waals surface area contributed by atoms with Crippen LogP contribution in [0.4, 0.5) is 0 Å². The highest BCUT2D eigenvalue weighted by Gasteiger charge is 2.48. The second-order valence-electron chi connectivity index (χ2n) is 9.90. The molecular weight excluding hydrogens is 440 g/mol. The molecule has 8 nitrogen and oxygen atoms in total. The Bertz CT molecular complexity index is 1580. The van der Waals surface area contributed by atoms with Gasteiger partial charge in [0.25, 0.3) is 0 Å². The quantitative estimate of drug-likeness (QED) is 0.341. The highest BCUT2D eigenvalue weighted by molar-refractivity contribution is 5.79. The lowest BCUT2D eigenvalue weighted by atomic mass is 9.91. The van der Waals surface area contributed by atoms with Gasteiger partial charge < -0.3 is 4.74 Å². The van der Waals surface area contributed by atoms with Gasteiger partial charge >= 0.3 is 5.97 Å². The lowest BCUT2D eigenvalue weighted by Crippen LogP contribution is -2.32. The summed E-state index contributed by atoms with van der Waals surface area (Å²) < 4.78 is 9.29. The van der Waals surface area contributed by atoms with E-state index in [0.29, 0.717) is 12.3 Å². The summed E-state index contributed by atoms with van der Waals surface area (Å²) in [6.07, 6.45) is 11.7. The first-order chi connectivity index (χ1) is 16.8. The van der Waals surface area contributed by atoms with Crippen molar-refractivity contribution in [3.8, 4) is 11.3 Å². The fraction of sp³-hybridized carbons (Fsp3) is 0.296. The minimum absolute atomic E-state index is 0.0723. The fourth-order valence-electron chi connectivity index (χ4n) is 4.97. The third-order valence-corrected chi connectivity index (χ3v) is 6.66. The Morgan fingerprint density at radius 1 is 1.11 bits per heavy atom. The molecule has 1 aliphatic rings. The van der Waals surface area contributed by atoms with Crippen LogP contribution >= 0.6 is 0 Å². The maximum absolute atomic E-state index is 11.4. The zero-order chi connectivity index (χ0) is 24.2. The Kier molecular flexibility index (Phi) is 4.74. The molecule has 1 fully saturated rings. The molecule has 0 radical (unpaired) electrons. The molecule has 0 amide bonds. The van der Waals surface area contributed by atoms with Gasteiger partial charge in [0, 0.05) is 48.1 Å². The van der Waals surface area contributed by atoms with Gasteiger partial charge in [-0.25, -0.2) is 9.97 Å². The van der Waals surface area contributed by atoms with Crippen molar-refractivity contribution in [2.24, 2.45) is 0 Å². The molecule has 0 aliphatic heterocycles. The van der Waals surface area contributed by atoms with Crippen molar-refractivity contribution in [3.05, 3.63) is 78.6 Å². The minimum Gasteiger partial charge on any atom is -0.458 e. The van der Waals surface area contributed by atoms with Crippen LogP contribution in [-0.4, -0.2) is 40.7 Å². The smallest absolute Gasteiger partial charge is 0.303 e. The van der Waals surface area contributed by atoms with Gasteiger partial charge in [-0.3, -0.25) is 18.9 Å². The van der Waals surface area contributed by atoms with Crippen LogP contribution in [0.1, 0.15) is 44.9 Å². The summed E-state index contributed by atoms with van der Waals surface area (Å²) in [4.78, 5) is 25.1. The molecule has 0 spiro atoms. The maximum Gasteiger partial charge on any atom is 0.303 e. The van der Waals surface area contributed by atoms with Crippen molar-refractivity contribution in [1.29, 1.82) is 0 Å². The summed E-state index contributed by atoms with van der Waals surface area (Å²) in [6, 6.07) is 12.6. The first-order valence-electron chi connectivity index (χ1n) is 11.8. The van der Waals surface area contributed by atoms with Crippen LogP contribution in [0.3, 0.4) is 0 Å². The first-order valence-corrected chi connectivity index (χ1v) is 11.8. The van der Waals surface area contributed by atoms with E-state index in [1.54, 1.807) is 10.9 Å². The van der Waals surface area contributed by atoms with E-state index in [1.165, 1.54) is 12.5 Å². The van der Waals surface area contributed by atoms with E-state index in [-0.39, 0.29) is 11.4 Å². The van der Waals surface area contributed by atoms with Gasteiger partial charge in [-0.05, 0) is 56.5 Å². The lowest BCUT2D eigenvalue weighted by molar-refractivity contribution is -0.154. The molecule has 4 aromatic heterocycles. The van der Waals surface area contributed by atoms with Gasteiger partial charge in [0.15, 0.2) is 0 Å². The molecule has 0 atom stereocenters. The number of rotatable bonds is 6. The van der Waals surface area contributed by atoms with Crippen LogP contribution in [-0.2, 0) is 21.5 Å². The average Bonchev–Trinajstić information content (AvgIpc) is 3.30. The number of nitrogens with zero attached hydrogens (tertiary/aromatic N) is 6. The van der Waals surface area contributed by atoms with Crippen LogP contribution in [0.2, 0.25) is 0 Å². The van der Waals surface area contributed by atoms with Crippen LogP contribution in [0, 0.1) is 0 Å². The normalized spacial score (nSPS) is 14.9. The zero-order valence-electron chi connectivity index (χ0n) is 20.0. The number of benzene rings is 1. The Balaban J connectivity index is 1.35. The van der Waals surface area contributed by atoms with Gasteiger partial charge in [-0.15, -0.1) is 0 Å². The second-order valence-corrected chi connectivity index (χ2v) is 9.90. The van der Waals surface area contributed by atoms with Crippen molar-refractivity contribution in [1.82, 2.24) is 29.1 Å². The number of fused-ring (bicyclic) bond motifs is 2. The monoisotopic (exact) mass is 466 g/mol. The van der Waals surface area contributed by atoms with E-state index < -0.39 is 5.60 Å². The predicted octanol–water partition coefficient (Wildman–Crippen LogP) is 4.56. The van der Waals surface area contributed by atoms with Gasteiger partial charge in [0.05, 0.1) is 29.6 Å². The minimum atomic E-state index is -0.650. The molecular formula is C27H26N6O2. The summed E-state index contributed by atoms with van der Waals surface area (Å²) in [5.74, 6) is 0.370. The number of aromatic nitrogens is 6. The molecule has 1 saturated carbocycles. The number of ether oxygens (including phenoxy) is 1. The van der Waals surface area contributed by atoms with Gasteiger partial charge in [-0.2, -0.15) is 5.10 Å². The van der Waals surface area contributed by atoms with Gasteiger partial charge in [0.2, 0.25) is 5.78 Å². The number of esters is 1. The summed E-state index contributed by atoms with van der Waals surface area (Å²) in [5.41, 5.74) is 4.41. The number of pyridine rings is 1. The first kappa shape index (κ1) is 21.5. The number of carbonyl (C=O) groups excluding carboxylic acids is 1. The molecule has 0 saturated heterocycles. The summed E-state index contributed by atoms with van der Waals surface area (Å²) >= 11 is 0. The third kappa shape index (κ3) is 3.84. The predicted molar refractivity (Wildman–Crippen MR) is 132 cm³/mol. The van der Waals surface area contributed by atoms with Crippen molar-refractivity contribution >= 4 is 22.6 Å². The molecule has 5 aromatic rings. The summed E-state index contributed by atoms with van der Waals surface area (Å²) in [5, 5.41) is 5.85. The van der Waals surface area contributed by atoms with Gasteiger partial charge in [0.1, 0.15) is 5.60 Å². The molecule has 0 N–H and O–H groups in total. The molecule has 0 unspecified atom stereocenters. The molecule has 0 bridgehead atoms. The Hall–Kier alpha value is -4.07. The molecule has 4 heterocycles. The van der Waals surface area contributed by atoms with E-state index in [4.69, 9.17) is 9.84 Å². The second kappa shape index (κ2) is 7.73. The van der Waals surface area contributed by atoms with Crippen LogP contribution in [0.25, 0.3) is 27.9 Å². The van der Waals surface area contributed by atoms with Crippen LogP contribution in [0.15, 0.2) is 67.4 Å². The van der Waals surface area contributed by atoms with Gasteiger partial charge in [-0.1, -0.05) is 12.1 Å². The van der Waals surface area contributed by atoms with E-state index in [0.717, 1.165) is 40.7 Å². The van der Waals surface area contributed by atoms with E-state index in [2.05, 4.69) is 49.8 Å². The number of carbonyl (C=O) groups is 1. The van der Waals surface area contributed by atoms with E-state index in [1.807, 2.05) is 44.6 Å². The van der Waals surface area contributed by atoms with Crippen LogP contribution in [0.5, 0.6) is 0 Å². The average molecular weight is 467 g/mol. The Morgan fingerprint density at radius 2 is 1.94 bits per heavy atom. The topological polar surface area (TPSA) is 87.2 Å². The molecule has 6 rings (SSSR count). The highest BCUT2D eigenvalue weighted by Crippen LogP contribution is 2.53. The molecule has 1 aromatic carbocycles. The lowest BCUT2D eigenvalue weighted by Gasteiger charge is -2.24. The number of hydrogen-bond donors (Lipinski definition) is 0. The van der Waals surface area contributed by atoms with Crippen molar-refractivity contribution in [2.75, 3.05) is 0 Å². The van der Waals surface area contributed by atoms with Crippen LogP contribution < -0.4 is 0 Å². The largest absolute Gasteiger partial charge is 0.458 e. The zero-order valence-corrected chi connectivity index (χ0v) is 20.0. The highest BCUT2D eigenvalue weighted by atomic mass is 16.6.